The molecule has 0 aromatic carbocycles. The summed E-state index contributed by atoms with van der Waals surface area (Å²) in [4.78, 5) is 15.6. The molecule has 2 heterocycles. The SMILES string of the molecule is COC(=O)c1cc2nc(C)nn2cc1OC. The standard InChI is InChI=1S/C10H11N3O3/c1-6-11-9-4-7(10(14)16-3)8(15-2)5-13(9)12-6/h4-5H,1-3H3. The molecular formula is C10H11N3O3. The van der Waals surface area contributed by atoms with Crippen molar-refractivity contribution in [2.45, 2.75) is 6.92 Å². The second-order valence-corrected chi connectivity index (χ2v) is 3.21. The van der Waals surface area contributed by atoms with E-state index in [1.54, 1.807) is 23.7 Å². The van der Waals surface area contributed by atoms with Crippen LogP contribution < -0.4 is 4.74 Å². The molecule has 84 valence electrons. The number of carbonyl (C=O) groups is 1. The number of hydrogen-bond acceptors (Lipinski definition) is 5. The molecule has 6 nitrogen and oxygen atoms in total. The number of nitrogens with zero attached hydrogens (tertiary/aromatic N) is 3. The topological polar surface area (TPSA) is 65.7 Å². The minimum atomic E-state index is -0.458. The van der Waals surface area contributed by atoms with Crippen LogP contribution in [0.15, 0.2) is 12.3 Å². The van der Waals surface area contributed by atoms with Crippen LogP contribution in [0, 0.1) is 6.92 Å². The van der Waals surface area contributed by atoms with Crippen molar-refractivity contribution < 1.29 is 14.3 Å². The van der Waals surface area contributed by atoms with Crippen LogP contribution in [-0.2, 0) is 4.74 Å². The van der Waals surface area contributed by atoms with Crippen LogP contribution in [-0.4, -0.2) is 34.8 Å². The Kier molecular flexibility index (Phi) is 2.47. The minimum Gasteiger partial charge on any atom is -0.494 e. The molecular weight excluding hydrogens is 210 g/mol. The highest BCUT2D eigenvalue weighted by molar-refractivity contribution is 5.93. The third-order valence-corrected chi connectivity index (χ3v) is 2.17. The van der Waals surface area contributed by atoms with Gasteiger partial charge in [-0.15, -0.1) is 0 Å². The number of aromatic nitrogens is 3. The lowest BCUT2D eigenvalue weighted by Gasteiger charge is -2.06. The molecule has 0 aliphatic heterocycles. The van der Waals surface area contributed by atoms with Crippen LogP contribution in [0.2, 0.25) is 0 Å². The van der Waals surface area contributed by atoms with E-state index in [-0.39, 0.29) is 0 Å². The van der Waals surface area contributed by atoms with E-state index < -0.39 is 5.97 Å². The van der Waals surface area contributed by atoms with Crippen molar-refractivity contribution in [2.24, 2.45) is 0 Å². The molecule has 0 unspecified atom stereocenters. The third kappa shape index (κ3) is 1.58. The van der Waals surface area contributed by atoms with Crippen LogP contribution >= 0.6 is 0 Å². The first-order valence-corrected chi connectivity index (χ1v) is 4.65. The van der Waals surface area contributed by atoms with Gasteiger partial charge in [-0.25, -0.2) is 14.3 Å². The molecule has 0 N–H and O–H groups in total. The highest BCUT2D eigenvalue weighted by Crippen LogP contribution is 2.20. The van der Waals surface area contributed by atoms with E-state index in [4.69, 9.17) is 4.74 Å². The van der Waals surface area contributed by atoms with Gasteiger partial charge in [-0.1, -0.05) is 0 Å². The van der Waals surface area contributed by atoms with Gasteiger partial charge in [-0.2, -0.15) is 5.10 Å². The monoisotopic (exact) mass is 221 g/mol. The molecule has 16 heavy (non-hydrogen) atoms. The number of ether oxygens (including phenoxy) is 2. The van der Waals surface area contributed by atoms with E-state index in [1.807, 2.05) is 0 Å². The van der Waals surface area contributed by atoms with Gasteiger partial charge in [-0.3, -0.25) is 0 Å². The Labute approximate surface area is 91.8 Å². The smallest absolute Gasteiger partial charge is 0.341 e. The molecule has 0 bridgehead atoms. The fraction of sp³-hybridized carbons (Fsp3) is 0.300. The Morgan fingerprint density at radius 3 is 2.81 bits per heavy atom. The van der Waals surface area contributed by atoms with Crippen molar-refractivity contribution >= 4 is 11.6 Å². The summed E-state index contributed by atoms with van der Waals surface area (Å²) < 4.78 is 11.3. The van der Waals surface area contributed by atoms with E-state index in [9.17, 15) is 4.79 Å². The summed E-state index contributed by atoms with van der Waals surface area (Å²) in [6.45, 7) is 1.78. The Bertz CT molecular complexity index is 547. The van der Waals surface area contributed by atoms with Crippen molar-refractivity contribution in [3.63, 3.8) is 0 Å². The summed E-state index contributed by atoms with van der Waals surface area (Å²) in [6.07, 6.45) is 1.60. The van der Waals surface area contributed by atoms with Gasteiger partial charge in [-0.05, 0) is 6.92 Å². The fourth-order valence-electron chi connectivity index (χ4n) is 1.45. The molecule has 0 radical (unpaired) electrons. The number of esters is 1. The van der Waals surface area contributed by atoms with Gasteiger partial charge >= 0.3 is 5.97 Å². The summed E-state index contributed by atoms with van der Waals surface area (Å²) >= 11 is 0. The molecule has 0 amide bonds. The van der Waals surface area contributed by atoms with Gasteiger partial charge in [0.1, 0.15) is 11.4 Å². The Morgan fingerprint density at radius 2 is 2.19 bits per heavy atom. The van der Waals surface area contributed by atoms with E-state index in [0.717, 1.165) is 0 Å². The van der Waals surface area contributed by atoms with E-state index in [2.05, 4.69) is 14.8 Å². The maximum absolute atomic E-state index is 11.5. The third-order valence-electron chi connectivity index (χ3n) is 2.17. The number of rotatable bonds is 2. The lowest BCUT2D eigenvalue weighted by Crippen LogP contribution is -2.05. The average Bonchev–Trinajstić information content (AvgIpc) is 2.65. The van der Waals surface area contributed by atoms with Crippen LogP contribution in [0.5, 0.6) is 5.75 Å². The number of pyridine rings is 1. The van der Waals surface area contributed by atoms with Crippen molar-refractivity contribution in [3.8, 4) is 5.75 Å². The Morgan fingerprint density at radius 1 is 1.44 bits per heavy atom. The summed E-state index contributed by atoms with van der Waals surface area (Å²) in [5.41, 5.74) is 0.920. The van der Waals surface area contributed by atoms with E-state index in [1.165, 1.54) is 14.2 Å². The first-order chi connectivity index (χ1) is 7.65. The van der Waals surface area contributed by atoms with Crippen molar-refractivity contribution in [2.75, 3.05) is 14.2 Å². The molecule has 2 rings (SSSR count). The molecule has 2 aromatic rings. The zero-order chi connectivity index (χ0) is 11.7. The number of aryl methyl sites for hydroxylation is 1. The minimum absolute atomic E-state index is 0.338. The Balaban J connectivity index is 2.66. The van der Waals surface area contributed by atoms with E-state index >= 15 is 0 Å². The zero-order valence-electron chi connectivity index (χ0n) is 9.22. The van der Waals surface area contributed by atoms with Crippen molar-refractivity contribution in [1.29, 1.82) is 0 Å². The molecule has 0 saturated heterocycles. The summed E-state index contributed by atoms with van der Waals surface area (Å²) in [6, 6.07) is 1.59. The van der Waals surface area contributed by atoms with Gasteiger partial charge in [0.2, 0.25) is 0 Å². The number of fused-ring (bicyclic) bond motifs is 1. The summed E-state index contributed by atoms with van der Waals surface area (Å²) in [7, 11) is 2.80. The summed E-state index contributed by atoms with van der Waals surface area (Å²) in [5.74, 6) is 0.577. The number of carbonyl (C=O) groups excluding carboxylic acids is 1. The Hall–Kier alpha value is -2.11. The molecule has 2 aromatic heterocycles. The normalized spacial score (nSPS) is 10.4. The first kappa shape index (κ1) is 10.4. The van der Waals surface area contributed by atoms with Crippen LogP contribution in [0.4, 0.5) is 0 Å². The lowest BCUT2D eigenvalue weighted by atomic mass is 10.2. The van der Waals surface area contributed by atoms with Gasteiger partial charge in [0.25, 0.3) is 0 Å². The number of hydrogen-bond donors (Lipinski definition) is 0. The lowest BCUT2D eigenvalue weighted by molar-refractivity contribution is 0.0597. The maximum atomic E-state index is 11.5. The second-order valence-electron chi connectivity index (χ2n) is 3.21. The summed E-state index contributed by atoms with van der Waals surface area (Å²) in [5, 5.41) is 4.12. The van der Waals surface area contributed by atoms with Crippen LogP contribution in [0.25, 0.3) is 5.65 Å². The molecule has 0 spiro atoms. The predicted octanol–water partition coefficient (Wildman–Crippen LogP) is 0.833. The van der Waals surface area contributed by atoms with Gasteiger partial charge in [0.15, 0.2) is 11.4 Å². The zero-order valence-corrected chi connectivity index (χ0v) is 9.22. The average molecular weight is 221 g/mol. The maximum Gasteiger partial charge on any atom is 0.341 e. The molecule has 0 saturated carbocycles. The first-order valence-electron chi connectivity index (χ1n) is 4.65. The largest absolute Gasteiger partial charge is 0.494 e. The molecule has 6 heteroatoms. The highest BCUT2D eigenvalue weighted by atomic mass is 16.5. The fourth-order valence-corrected chi connectivity index (χ4v) is 1.45. The number of methoxy groups -OCH3 is 2. The van der Waals surface area contributed by atoms with E-state index in [0.29, 0.717) is 22.8 Å². The van der Waals surface area contributed by atoms with Crippen molar-refractivity contribution in [1.82, 2.24) is 14.6 Å². The molecule has 0 aliphatic carbocycles. The van der Waals surface area contributed by atoms with Crippen LogP contribution in [0.1, 0.15) is 16.2 Å². The van der Waals surface area contributed by atoms with Gasteiger partial charge in [0.05, 0.1) is 20.4 Å². The van der Waals surface area contributed by atoms with Gasteiger partial charge in [0, 0.05) is 6.07 Å². The van der Waals surface area contributed by atoms with Crippen LogP contribution in [0.3, 0.4) is 0 Å². The predicted molar refractivity (Wildman–Crippen MR) is 55.6 cm³/mol. The molecule has 0 fully saturated rings. The quantitative estimate of drug-likeness (QED) is 0.703. The highest BCUT2D eigenvalue weighted by Gasteiger charge is 2.15. The van der Waals surface area contributed by atoms with Crippen molar-refractivity contribution in [3.05, 3.63) is 23.7 Å². The molecule has 0 atom stereocenters. The second kappa shape index (κ2) is 3.80. The molecule has 0 aliphatic rings. The van der Waals surface area contributed by atoms with Gasteiger partial charge < -0.3 is 9.47 Å².